The minimum atomic E-state index is -0.261. The highest BCUT2D eigenvalue weighted by Gasteiger charge is 2.38. The molecule has 0 aliphatic carbocycles. The summed E-state index contributed by atoms with van der Waals surface area (Å²) in [6.45, 7) is 4.78. The van der Waals surface area contributed by atoms with Crippen LogP contribution in [-0.2, 0) is 14.4 Å². The van der Waals surface area contributed by atoms with E-state index in [0.29, 0.717) is 12.2 Å². The van der Waals surface area contributed by atoms with Gasteiger partial charge in [-0.2, -0.15) is 0 Å². The number of carbonyl (C=O) groups is 3. The lowest BCUT2D eigenvalue weighted by Crippen LogP contribution is -2.45. The van der Waals surface area contributed by atoms with E-state index < -0.39 is 0 Å². The van der Waals surface area contributed by atoms with Crippen molar-refractivity contribution in [2.75, 3.05) is 23.3 Å². The lowest BCUT2D eigenvalue weighted by atomic mass is 9.99. The standard InChI is InChI=1S/C19H25N3O3/c1-13-5-3-4-10-21(13)19(25)15-11-18(24)22(12-15)17-8-6-16(7-9-17)20-14(2)23/h6-9,13,15H,3-5,10-12H2,1-2H3,(H,20,23)/t13-,15-/m0/s1. The molecular weight excluding hydrogens is 318 g/mol. The fraction of sp³-hybridized carbons (Fsp3) is 0.526. The second-order valence-electron chi connectivity index (χ2n) is 7.01. The average Bonchev–Trinajstić information content (AvgIpc) is 2.97. The maximum absolute atomic E-state index is 12.8. The maximum atomic E-state index is 12.8. The van der Waals surface area contributed by atoms with Crippen LogP contribution in [0, 0.1) is 5.92 Å². The van der Waals surface area contributed by atoms with E-state index in [-0.39, 0.29) is 36.1 Å². The fourth-order valence-electron chi connectivity index (χ4n) is 3.71. The van der Waals surface area contributed by atoms with Crippen LogP contribution in [0.2, 0.25) is 0 Å². The van der Waals surface area contributed by atoms with E-state index in [9.17, 15) is 14.4 Å². The molecule has 0 unspecified atom stereocenters. The van der Waals surface area contributed by atoms with Crippen molar-refractivity contribution in [3.05, 3.63) is 24.3 Å². The first-order chi connectivity index (χ1) is 12.0. The number of hydrogen-bond donors (Lipinski definition) is 1. The zero-order chi connectivity index (χ0) is 18.0. The Morgan fingerprint density at radius 2 is 1.88 bits per heavy atom. The van der Waals surface area contributed by atoms with Crippen LogP contribution < -0.4 is 10.2 Å². The molecular formula is C19H25N3O3. The van der Waals surface area contributed by atoms with Crippen molar-refractivity contribution in [1.82, 2.24) is 4.90 Å². The van der Waals surface area contributed by atoms with Gasteiger partial charge in [0.1, 0.15) is 0 Å². The first-order valence-electron chi connectivity index (χ1n) is 8.94. The largest absolute Gasteiger partial charge is 0.340 e. The molecule has 2 heterocycles. The Bertz CT molecular complexity index is 671. The van der Waals surface area contributed by atoms with Gasteiger partial charge in [-0.05, 0) is 50.5 Å². The SMILES string of the molecule is CC(=O)Nc1ccc(N2C[C@@H](C(=O)N3CCCC[C@@H]3C)CC2=O)cc1. The second-order valence-corrected chi connectivity index (χ2v) is 7.01. The van der Waals surface area contributed by atoms with Gasteiger partial charge in [0.25, 0.3) is 0 Å². The first kappa shape index (κ1) is 17.5. The topological polar surface area (TPSA) is 69.7 Å². The Kier molecular flexibility index (Phi) is 5.06. The van der Waals surface area contributed by atoms with Gasteiger partial charge in [0.05, 0.1) is 5.92 Å². The summed E-state index contributed by atoms with van der Waals surface area (Å²) in [5.41, 5.74) is 1.46. The van der Waals surface area contributed by atoms with Gasteiger partial charge in [0.2, 0.25) is 17.7 Å². The molecule has 6 heteroatoms. The van der Waals surface area contributed by atoms with Crippen LogP contribution in [0.5, 0.6) is 0 Å². The van der Waals surface area contributed by atoms with Crippen LogP contribution in [0.4, 0.5) is 11.4 Å². The minimum absolute atomic E-state index is 0.0183. The van der Waals surface area contributed by atoms with Crippen molar-refractivity contribution >= 4 is 29.1 Å². The molecule has 1 aromatic rings. The van der Waals surface area contributed by atoms with E-state index in [1.54, 1.807) is 29.2 Å². The average molecular weight is 343 g/mol. The van der Waals surface area contributed by atoms with Crippen LogP contribution in [0.1, 0.15) is 39.5 Å². The lowest BCUT2D eigenvalue weighted by molar-refractivity contribution is -0.139. The normalized spacial score (nSPS) is 23.7. The third-order valence-corrected chi connectivity index (χ3v) is 5.06. The van der Waals surface area contributed by atoms with Gasteiger partial charge < -0.3 is 15.1 Å². The number of rotatable bonds is 3. The van der Waals surface area contributed by atoms with Crippen LogP contribution >= 0.6 is 0 Å². The smallest absolute Gasteiger partial charge is 0.228 e. The van der Waals surface area contributed by atoms with Crippen molar-refractivity contribution in [3.63, 3.8) is 0 Å². The third-order valence-electron chi connectivity index (χ3n) is 5.06. The van der Waals surface area contributed by atoms with E-state index in [1.165, 1.54) is 13.3 Å². The van der Waals surface area contributed by atoms with Gasteiger partial charge in [-0.1, -0.05) is 0 Å². The molecule has 6 nitrogen and oxygen atoms in total. The van der Waals surface area contributed by atoms with Gasteiger partial charge in [0, 0.05) is 43.9 Å². The fourth-order valence-corrected chi connectivity index (χ4v) is 3.71. The molecule has 2 atom stereocenters. The number of amides is 3. The molecule has 2 saturated heterocycles. The van der Waals surface area contributed by atoms with E-state index in [0.717, 1.165) is 25.1 Å². The highest BCUT2D eigenvalue weighted by molar-refractivity contribution is 6.00. The summed E-state index contributed by atoms with van der Waals surface area (Å²) in [6.07, 6.45) is 3.53. The van der Waals surface area contributed by atoms with Crippen molar-refractivity contribution in [2.45, 2.75) is 45.6 Å². The Balaban J connectivity index is 1.67. The summed E-state index contributed by atoms with van der Waals surface area (Å²) in [7, 11) is 0. The van der Waals surface area contributed by atoms with Crippen molar-refractivity contribution in [3.8, 4) is 0 Å². The predicted molar refractivity (Wildman–Crippen MR) is 96.2 cm³/mol. The minimum Gasteiger partial charge on any atom is -0.340 e. The molecule has 3 rings (SSSR count). The number of piperidine rings is 1. The molecule has 2 aliphatic heterocycles. The summed E-state index contributed by atoms with van der Waals surface area (Å²) in [5, 5.41) is 2.71. The van der Waals surface area contributed by atoms with Crippen LogP contribution in [0.3, 0.4) is 0 Å². The van der Waals surface area contributed by atoms with Gasteiger partial charge in [0.15, 0.2) is 0 Å². The molecule has 0 bridgehead atoms. The number of likely N-dealkylation sites (tertiary alicyclic amines) is 1. The molecule has 25 heavy (non-hydrogen) atoms. The van der Waals surface area contributed by atoms with Gasteiger partial charge >= 0.3 is 0 Å². The zero-order valence-corrected chi connectivity index (χ0v) is 14.8. The van der Waals surface area contributed by atoms with Gasteiger partial charge in [-0.3, -0.25) is 14.4 Å². The van der Waals surface area contributed by atoms with E-state index in [4.69, 9.17) is 0 Å². The van der Waals surface area contributed by atoms with Crippen molar-refractivity contribution < 1.29 is 14.4 Å². The number of benzene rings is 1. The summed E-state index contributed by atoms with van der Waals surface area (Å²) in [5.74, 6) is -0.303. The lowest BCUT2D eigenvalue weighted by Gasteiger charge is -2.35. The highest BCUT2D eigenvalue weighted by Crippen LogP contribution is 2.29. The summed E-state index contributed by atoms with van der Waals surface area (Å²) in [6, 6.07) is 7.42. The molecule has 0 aromatic heterocycles. The van der Waals surface area contributed by atoms with E-state index >= 15 is 0 Å². The van der Waals surface area contributed by atoms with Crippen LogP contribution in [-0.4, -0.2) is 41.8 Å². The summed E-state index contributed by atoms with van der Waals surface area (Å²) >= 11 is 0. The van der Waals surface area contributed by atoms with E-state index in [2.05, 4.69) is 12.2 Å². The Hall–Kier alpha value is -2.37. The second kappa shape index (κ2) is 7.25. The molecule has 0 saturated carbocycles. The number of carbonyl (C=O) groups excluding carboxylic acids is 3. The summed E-state index contributed by atoms with van der Waals surface area (Å²) < 4.78 is 0. The molecule has 0 spiro atoms. The predicted octanol–water partition coefficient (Wildman–Crippen LogP) is 2.40. The van der Waals surface area contributed by atoms with Crippen LogP contribution in [0.25, 0.3) is 0 Å². The van der Waals surface area contributed by atoms with E-state index in [1.807, 2.05) is 4.90 Å². The van der Waals surface area contributed by atoms with Gasteiger partial charge in [-0.25, -0.2) is 0 Å². The monoisotopic (exact) mass is 343 g/mol. The van der Waals surface area contributed by atoms with Crippen molar-refractivity contribution in [2.24, 2.45) is 5.92 Å². The molecule has 3 amide bonds. The Labute approximate surface area is 148 Å². The number of nitrogens with zero attached hydrogens (tertiary/aromatic N) is 2. The number of hydrogen-bond acceptors (Lipinski definition) is 3. The Morgan fingerprint density at radius 3 is 2.52 bits per heavy atom. The molecule has 1 N–H and O–H groups in total. The molecule has 2 fully saturated rings. The molecule has 0 radical (unpaired) electrons. The van der Waals surface area contributed by atoms with Crippen LogP contribution in [0.15, 0.2) is 24.3 Å². The molecule has 1 aromatic carbocycles. The first-order valence-corrected chi connectivity index (χ1v) is 8.94. The number of anilines is 2. The van der Waals surface area contributed by atoms with Crippen molar-refractivity contribution in [1.29, 1.82) is 0 Å². The Morgan fingerprint density at radius 1 is 1.16 bits per heavy atom. The number of nitrogens with one attached hydrogen (secondary N) is 1. The molecule has 2 aliphatic rings. The maximum Gasteiger partial charge on any atom is 0.228 e. The molecule has 134 valence electrons. The quantitative estimate of drug-likeness (QED) is 0.916. The third kappa shape index (κ3) is 3.83. The zero-order valence-electron chi connectivity index (χ0n) is 14.8. The highest BCUT2D eigenvalue weighted by atomic mass is 16.2. The van der Waals surface area contributed by atoms with Gasteiger partial charge in [-0.15, -0.1) is 0 Å². The summed E-state index contributed by atoms with van der Waals surface area (Å²) in [4.78, 5) is 39.9.